The van der Waals surface area contributed by atoms with Crippen molar-refractivity contribution >= 4 is 11.6 Å². The van der Waals surface area contributed by atoms with Crippen LogP contribution in [0.4, 0.5) is 10.1 Å². The molecule has 0 aromatic heterocycles. The van der Waals surface area contributed by atoms with Crippen LogP contribution in [-0.2, 0) is 0 Å². The first-order valence-corrected chi connectivity index (χ1v) is 7.21. The second kappa shape index (κ2) is 6.70. The quantitative estimate of drug-likeness (QED) is 0.911. The van der Waals surface area contributed by atoms with E-state index in [1.54, 1.807) is 17.0 Å². The molecule has 1 heterocycles. The maximum Gasteiger partial charge on any atom is 0.253 e. The van der Waals surface area contributed by atoms with E-state index in [1.165, 1.54) is 6.07 Å². The highest BCUT2D eigenvalue weighted by Gasteiger charge is 2.18. The van der Waals surface area contributed by atoms with E-state index in [0.29, 0.717) is 24.3 Å². The summed E-state index contributed by atoms with van der Waals surface area (Å²) in [5.41, 5.74) is 1.01. The molecule has 0 aliphatic carbocycles. The lowest BCUT2D eigenvalue weighted by Crippen LogP contribution is -2.43. The van der Waals surface area contributed by atoms with Crippen molar-refractivity contribution < 1.29 is 9.18 Å². The van der Waals surface area contributed by atoms with Gasteiger partial charge in [-0.05, 0) is 32.0 Å². The van der Waals surface area contributed by atoms with E-state index in [1.807, 2.05) is 18.7 Å². The maximum absolute atomic E-state index is 14.2. The molecule has 0 spiro atoms. The summed E-state index contributed by atoms with van der Waals surface area (Å²) < 4.78 is 14.2. The highest BCUT2D eigenvalue weighted by atomic mass is 19.1. The molecule has 0 saturated carbocycles. The van der Waals surface area contributed by atoms with Crippen LogP contribution >= 0.6 is 0 Å². The fourth-order valence-corrected chi connectivity index (χ4v) is 2.50. The van der Waals surface area contributed by atoms with Crippen molar-refractivity contribution in [2.24, 2.45) is 0 Å². The first kappa shape index (κ1) is 14.8. The molecule has 0 bridgehead atoms. The Kier molecular flexibility index (Phi) is 4.95. The summed E-state index contributed by atoms with van der Waals surface area (Å²) >= 11 is 0. The fourth-order valence-electron chi connectivity index (χ4n) is 2.50. The number of carbonyl (C=O) groups excluding carboxylic acids is 1. The van der Waals surface area contributed by atoms with Crippen LogP contribution < -0.4 is 10.2 Å². The van der Waals surface area contributed by atoms with Gasteiger partial charge in [-0.1, -0.05) is 0 Å². The Hall–Kier alpha value is -1.62. The summed E-state index contributed by atoms with van der Waals surface area (Å²) in [5, 5.41) is 3.24. The van der Waals surface area contributed by atoms with Crippen LogP contribution in [-0.4, -0.2) is 50.1 Å². The smallest absolute Gasteiger partial charge is 0.253 e. The van der Waals surface area contributed by atoms with Crippen molar-refractivity contribution in [2.75, 3.05) is 44.2 Å². The van der Waals surface area contributed by atoms with Crippen molar-refractivity contribution in [3.63, 3.8) is 0 Å². The number of halogens is 1. The average molecular weight is 279 g/mol. The summed E-state index contributed by atoms with van der Waals surface area (Å²) in [6, 6.07) is 4.80. The minimum atomic E-state index is -0.315. The van der Waals surface area contributed by atoms with Crippen molar-refractivity contribution in [3.05, 3.63) is 29.6 Å². The third-order valence-electron chi connectivity index (χ3n) is 3.70. The molecule has 5 heteroatoms. The van der Waals surface area contributed by atoms with Gasteiger partial charge in [0.1, 0.15) is 5.82 Å². The molecule has 110 valence electrons. The van der Waals surface area contributed by atoms with E-state index in [4.69, 9.17) is 0 Å². The number of benzene rings is 1. The lowest BCUT2D eigenvalue weighted by atomic mass is 10.1. The number of piperazine rings is 1. The first-order valence-electron chi connectivity index (χ1n) is 7.21. The minimum absolute atomic E-state index is 0.110. The summed E-state index contributed by atoms with van der Waals surface area (Å²) in [5.74, 6) is -0.425. The van der Waals surface area contributed by atoms with E-state index in [0.717, 1.165) is 26.2 Å². The number of rotatable bonds is 4. The van der Waals surface area contributed by atoms with Crippen LogP contribution in [0.3, 0.4) is 0 Å². The van der Waals surface area contributed by atoms with E-state index in [9.17, 15) is 9.18 Å². The summed E-state index contributed by atoms with van der Waals surface area (Å²) in [4.78, 5) is 15.9. The number of hydrogen-bond donors (Lipinski definition) is 1. The molecular formula is C15H22FN3O. The zero-order valence-corrected chi connectivity index (χ0v) is 12.2. The van der Waals surface area contributed by atoms with Crippen LogP contribution in [0.5, 0.6) is 0 Å². The lowest BCUT2D eigenvalue weighted by Gasteiger charge is -2.30. The Balaban J connectivity index is 2.18. The van der Waals surface area contributed by atoms with Gasteiger partial charge >= 0.3 is 0 Å². The van der Waals surface area contributed by atoms with Gasteiger partial charge in [0.25, 0.3) is 5.91 Å². The molecule has 1 aromatic carbocycles. The Bertz CT molecular complexity index is 468. The number of nitrogens with one attached hydrogen (secondary N) is 1. The van der Waals surface area contributed by atoms with Crippen LogP contribution in [0.15, 0.2) is 18.2 Å². The van der Waals surface area contributed by atoms with Gasteiger partial charge < -0.3 is 15.1 Å². The largest absolute Gasteiger partial charge is 0.367 e. The number of hydrogen-bond acceptors (Lipinski definition) is 3. The van der Waals surface area contributed by atoms with Gasteiger partial charge in [0.2, 0.25) is 0 Å². The SMILES string of the molecule is CCN(CC)C(=O)c1ccc(N2CCNCC2)c(F)c1. The Labute approximate surface area is 119 Å². The molecule has 0 radical (unpaired) electrons. The predicted octanol–water partition coefficient (Wildman–Crippen LogP) is 1.72. The molecule has 20 heavy (non-hydrogen) atoms. The van der Waals surface area contributed by atoms with Crippen molar-refractivity contribution in [1.29, 1.82) is 0 Å². The topological polar surface area (TPSA) is 35.6 Å². The summed E-state index contributed by atoms with van der Waals surface area (Å²) in [6.07, 6.45) is 0. The number of amides is 1. The molecule has 1 aliphatic heterocycles. The van der Waals surface area contributed by atoms with Crippen molar-refractivity contribution in [2.45, 2.75) is 13.8 Å². The van der Waals surface area contributed by atoms with Gasteiger partial charge in [-0.2, -0.15) is 0 Å². The van der Waals surface area contributed by atoms with Gasteiger partial charge in [-0.15, -0.1) is 0 Å². The van der Waals surface area contributed by atoms with E-state index < -0.39 is 0 Å². The molecule has 1 aliphatic rings. The molecule has 1 N–H and O–H groups in total. The van der Waals surface area contributed by atoms with Gasteiger partial charge in [-0.3, -0.25) is 4.79 Å². The van der Waals surface area contributed by atoms with Gasteiger partial charge in [0.15, 0.2) is 0 Å². The monoisotopic (exact) mass is 279 g/mol. The van der Waals surface area contributed by atoms with Gasteiger partial charge in [0, 0.05) is 44.8 Å². The molecule has 1 saturated heterocycles. The fraction of sp³-hybridized carbons (Fsp3) is 0.533. The second-order valence-corrected chi connectivity index (χ2v) is 4.88. The Morgan fingerprint density at radius 2 is 1.95 bits per heavy atom. The zero-order chi connectivity index (χ0) is 14.5. The molecular weight excluding hydrogens is 257 g/mol. The second-order valence-electron chi connectivity index (χ2n) is 4.88. The molecule has 1 fully saturated rings. The summed E-state index contributed by atoms with van der Waals surface area (Å²) in [6.45, 7) is 8.42. The van der Waals surface area contributed by atoms with Gasteiger partial charge in [0.05, 0.1) is 5.69 Å². The van der Waals surface area contributed by atoms with Gasteiger partial charge in [-0.25, -0.2) is 4.39 Å². The zero-order valence-electron chi connectivity index (χ0n) is 12.2. The lowest BCUT2D eigenvalue weighted by molar-refractivity contribution is 0.0772. The maximum atomic E-state index is 14.2. The van der Waals surface area contributed by atoms with Crippen LogP contribution in [0.1, 0.15) is 24.2 Å². The van der Waals surface area contributed by atoms with Crippen LogP contribution in [0.2, 0.25) is 0 Å². The molecule has 0 unspecified atom stereocenters. The van der Waals surface area contributed by atoms with Crippen LogP contribution in [0, 0.1) is 5.82 Å². The molecule has 0 atom stereocenters. The van der Waals surface area contributed by atoms with E-state index >= 15 is 0 Å². The molecule has 1 aromatic rings. The first-order chi connectivity index (χ1) is 9.67. The predicted molar refractivity (Wildman–Crippen MR) is 78.7 cm³/mol. The molecule has 1 amide bonds. The summed E-state index contributed by atoms with van der Waals surface area (Å²) in [7, 11) is 0. The van der Waals surface area contributed by atoms with Crippen LogP contribution in [0.25, 0.3) is 0 Å². The highest BCUT2D eigenvalue weighted by molar-refractivity contribution is 5.94. The third kappa shape index (κ3) is 3.10. The highest BCUT2D eigenvalue weighted by Crippen LogP contribution is 2.21. The van der Waals surface area contributed by atoms with Crippen molar-refractivity contribution in [3.8, 4) is 0 Å². The number of carbonyl (C=O) groups is 1. The number of anilines is 1. The third-order valence-corrected chi connectivity index (χ3v) is 3.70. The van der Waals surface area contributed by atoms with Crippen molar-refractivity contribution in [1.82, 2.24) is 10.2 Å². The minimum Gasteiger partial charge on any atom is -0.367 e. The standard InChI is InChI=1S/C15H22FN3O/c1-3-18(4-2)15(20)12-5-6-14(13(16)11-12)19-9-7-17-8-10-19/h5-6,11,17H,3-4,7-10H2,1-2H3. The van der Waals surface area contributed by atoms with E-state index in [2.05, 4.69) is 5.32 Å². The normalized spacial score (nSPS) is 15.2. The molecule has 4 nitrogen and oxygen atoms in total. The Morgan fingerprint density at radius 1 is 1.30 bits per heavy atom. The molecule has 2 rings (SSSR count). The number of nitrogens with zero attached hydrogens (tertiary/aromatic N) is 2. The van der Waals surface area contributed by atoms with E-state index in [-0.39, 0.29) is 11.7 Å². The Morgan fingerprint density at radius 3 is 2.50 bits per heavy atom. The average Bonchev–Trinajstić information content (AvgIpc) is 2.49.